The van der Waals surface area contributed by atoms with Crippen LogP contribution in [0.1, 0.15) is 13.3 Å². The molecule has 5 heteroatoms. The van der Waals surface area contributed by atoms with E-state index in [0.717, 1.165) is 12.3 Å². The second-order valence-corrected chi connectivity index (χ2v) is 13.7. The molecular weight excluding hydrogens is 210 g/mol. The van der Waals surface area contributed by atoms with Gasteiger partial charge in [-0.25, -0.2) is 0 Å². The molecule has 0 aliphatic carbocycles. The molecule has 1 rings (SSSR count). The van der Waals surface area contributed by atoms with Crippen LogP contribution in [0.5, 0.6) is 0 Å². The summed E-state index contributed by atoms with van der Waals surface area (Å²) in [5.74, 6) is 0.287. The van der Waals surface area contributed by atoms with E-state index in [4.69, 9.17) is 4.12 Å². The molecule has 1 heterocycles. The Kier molecular flexibility index (Phi) is 3.23. The van der Waals surface area contributed by atoms with Crippen molar-refractivity contribution in [1.29, 1.82) is 0 Å². The molecular formula is C9H21NO2Si2. The number of rotatable bonds is 1. The van der Waals surface area contributed by atoms with Gasteiger partial charge in [0.15, 0.2) is 16.6 Å². The van der Waals surface area contributed by atoms with Gasteiger partial charge in [-0.05, 0) is 26.2 Å². The van der Waals surface area contributed by atoms with Crippen LogP contribution in [0.2, 0.25) is 26.2 Å². The molecule has 0 radical (unpaired) electrons. The summed E-state index contributed by atoms with van der Waals surface area (Å²) in [4.78, 5) is 13.7. The Morgan fingerprint density at radius 2 is 1.64 bits per heavy atom. The number of amides is 1. The van der Waals surface area contributed by atoms with E-state index in [2.05, 4.69) is 26.2 Å². The summed E-state index contributed by atoms with van der Waals surface area (Å²) in [6.45, 7) is 10.8. The highest BCUT2D eigenvalue weighted by atomic mass is 28.4. The van der Waals surface area contributed by atoms with Crippen LogP contribution in [0, 0.1) is 0 Å². The second-order valence-electron chi connectivity index (χ2n) is 5.22. The largest absolute Gasteiger partial charge is 0.453 e. The fourth-order valence-electron chi connectivity index (χ4n) is 2.19. The van der Waals surface area contributed by atoms with Crippen LogP contribution in [-0.2, 0) is 8.91 Å². The van der Waals surface area contributed by atoms with E-state index in [9.17, 15) is 4.79 Å². The molecule has 0 atom stereocenters. The first-order chi connectivity index (χ1) is 6.26. The molecule has 0 unspecified atom stereocenters. The second kappa shape index (κ2) is 3.79. The highest BCUT2D eigenvalue weighted by Gasteiger charge is 2.42. The van der Waals surface area contributed by atoms with Crippen molar-refractivity contribution in [3.05, 3.63) is 0 Å². The van der Waals surface area contributed by atoms with Gasteiger partial charge in [0.05, 0.1) is 0 Å². The maximum atomic E-state index is 11.7. The van der Waals surface area contributed by atoms with E-state index in [1.165, 1.54) is 0 Å². The molecule has 0 N–H and O–H groups in total. The first kappa shape index (κ1) is 11.9. The third-order valence-electron chi connectivity index (χ3n) is 2.35. The van der Waals surface area contributed by atoms with E-state index >= 15 is 0 Å². The van der Waals surface area contributed by atoms with Gasteiger partial charge in [0.1, 0.15) is 0 Å². The number of hydrogen-bond donors (Lipinski definition) is 0. The van der Waals surface area contributed by atoms with E-state index in [1.807, 2.05) is 11.8 Å². The molecule has 0 aromatic carbocycles. The Labute approximate surface area is 88.7 Å². The minimum atomic E-state index is -1.60. The Balaban J connectivity index is 2.76. The summed E-state index contributed by atoms with van der Waals surface area (Å²) in [6, 6.07) is 0. The highest BCUT2D eigenvalue weighted by molar-refractivity contribution is 6.86. The Hall–Kier alpha value is -0.136. The van der Waals surface area contributed by atoms with Crippen LogP contribution in [0.4, 0.5) is 0 Å². The first-order valence-corrected chi connectivity index (χ1v) is 11.5. The highest BCUT2D eigenvalue weighted by Crippen LogP contribution is 2.22. The fourth-order valence-corrected chi connectivity index (χ4v) is 11.3. The number of carbonyl (C=O) groups excluding carboxylic acids is 1. The topological polar surface area (TPSA) is 29.5 Å². The maximum Gasteiger partial charge on any atom is 0.221 e. The van der Waals surface area contributed by atoms with Crippen LogP contribution >= 0.6 is 0 Å². The number of carbonyl (C=O) groups is 1. The molecule has 1 saturated heterocycles. The van der Waals surface area contributed by atoms with Crippen molar-refractivity contribution in [2.75, 3.05) is 12.3 Å². The zero-order chi connectivity index (χ0) is 11.0. The van der Waals surface area contributed by atoms with E-state index in [-0.39, 0.29) is 5.91 Å². The lowest BCUT2D eigenvalue weighted by Crippen LogP contribution is -2.64. The third kappa shape index (κ3) is 2.93. The molecule has 0 aromatic rings. The van der Waals surface area contributed by atoms with Crippen LogP contribution in [0.15, 0.2) is 0 Å². The molecule has 0 aromatic heterocycles. The van der Waals surface area contributed by atoms with Crippen molar-refractivity contribution in [3.8, 4) is 0 Å². The van der Waals surface area contributed by atoms with Crippen molar-refractivity contribution in [2.45, 2.75) is 39.5 Å². The Bertz CT molecular complexity index is 225. The van der Waals surface area contributed by atoms with Crippen molar-refractivity contribution in [1.82, 2.24) is 4.90 Å². The molecule has 14 heavy (non-hydrogen) atoms. The smallest absolute Gasteiger partial charge is 0.221 e. The summed E-state index contributed by atoms with van der Waals surface area (Å²) in [5, 5.41) is 0. The van der Waals surface area contributed by atoms with Gasteiger partial charge in [-0.15, -0.1) is 0 Å². The molecule has 1 amide bonds. The zero-order valence-electron chi connectivity index (χ0n) is 9.89. The maximum absolute atomic E-state index is 11.7. The van der Waals surface area contributed by atoms with E-state index in [1.54, 1.807) is 0 Å². The molecule has 1 aliphatic heterocycles. The third-order valence-corrected chi connectivity index (χ3v) is 9.06. The predicted octanol–water partition coefficient (Wildman–Crippen LogP) is 1.74. The van der Waals surface area contributed by atoms with Gasteiger partial charge in [-0.2, -0.15) is 0 Å². The number of hydrogen-bond acceptors (Lipinski definition) is 2. The van der Waals surface area contributed by atoms with E-state index < -0.39 is 16.6 Å². The average molecular weight is 231 g/mol. The summed E-state index contributed by atoms with van der Waals surface area (Å²) < 4.78 is 6.17. The first-order valence-electron chi connectivity index (χ1n) is 5.24. The Morgan fingerprint density at radius 1 is 1.21 bits per heavy atom. The lowest BCUT2D eigenvalue weighted by atomic mass is 10.4. The molecule has 0 bridgehead atoms. The molecule has 0 spiro atoms. The standard InChI is InChI=1S/C9H21NO2Si2/c1-6-9(11)10-7-13(2,3)12-14(4,5)8-10/h6-8H2,1-5H3. The van der Waals surface area contributed by atoms with Gasteiger partial charge in [-0.1, -0.05) is 6.92 Å². The summed E-state index contributed by atoms with van der Waals surface area (Å²) in [7, 11) is -3.20. The lowest BCUT2D eigenvalue weighted by molar-refractivity contribution is -0.129. The lowest BCUT2D eigenvalue weighted by Gasteiger charge is -2.45. The van der Waals surface area contributed by atoms with Crippen LogP contribution in [-0.4, -0.2) is 39.8 Å². The fraction of sp³-hybridized carbons (Fsp3) is 0.889. The van der Waals surface area contributed by atoms with Gasteiger partial charge in [0, 0.05) is 18.8 Å². The average Bonchev–Trinajstić information content (AvgIpc) is 1.97. The predicted molar refractivity (Wildman–Crippen MR) is 62.9 cm³/mol. The molecule has 1 aliphatic rings. The van der Waals surface area contributed by atoms with Gasteiger partial charge >= 0.3 is 0 Å². The minimum Gasteiger partial charge on any atom is -0.453 e. The minimum absolute atomic E-state index is 0.287. The molecule has 3 nitrogen and oxygen atoms in total. The molecule has 0 saturated carbocycles. The molecule has 82 valence electrons. The van der Waals surface area contributed by atoms with Crippen molar-refractivity contribution >= 4 is 22.5 Å². The summed E-state index contributed by atoms with van der Waals surface area (Å²) in [6.07, 6.45) is 2.36. The Morgan fingerprint density at radius 3 is 2.00 bits per heavy atom. The van der Waals surface area contributed by atoms with Gasteiger partial charge in [0.2, 0.25) is 5.91 Å². The monoisotopic (exact) mass is 231 g/mol. The van der Waals surface area contributed by atoms with Crippen LogP contribution < -0.4 is 0 Å². The molecule has 1 fully saturated rings. The van der Waals surface area contributed by atoms with Gasteiger partial charge in [0.25, 0.3) is 0 Å². The van der Waals surface area contributed by atoms with Crippen LogP contribution in [0.3, 0.4) is 0 Å². The summed E-state index contributed by atoms with van der Waals surface area (Å²) >= 11 is 0. The zero-order valence-corrected chi connectivity index (χ0v) is 11.9. The van der Waals surface area contributed by atoms with Crippen molar-refractivity contribution < 1.29 is 8.91 Å². The van der Waals surface area contributed by atoms with Gasteiger partial charge < -0.3 is 9.02 Å². The van der Waals surface area contributed by atoms with Crippen molar-refractivity contribution in [3.63, 3.8) is 0 Å². The quantitative estimate of drug-likeness (QED) is 0.644. The summed E-state index contributed by atoms with van der Waals surface area (Å²) in [5.41, 5.74) is 0. The SMILES string of the molecule is CCC(=O)N1C[Si](C)(C)O[Si](C)(C)C1. The van der Waals surface area contributed by atoms with Gasteiger partial charge in [-0.3, -0.25) is 4.79 Å². The van der Waals surface area contributed by atoms with Crippen molar-refractivity contribution in [2.24, 2.45) is 0 Å². The van der Waals surface area contributed by atoms with Crippen LogP contribution in [0.25, 0.3) is 0 Å². The van der Waals surface area contributed by atoms with E-state index in [0.29, 0.717) is 6.42 Å². The number of nitrogens with zero attached hydrogens (tertiary/aromatic N) is 1. The normalized spacial score (nSPS) is 24.8.